The van der Waals surface area contributed by atoms with Crippen LogP contribution in [-0.4, -0.2) is 42.8 Å². The van der Waals surface area contributed by atoms with Crippen molar-refractivity contribution in [2.75, 3.05) is 38.3 Å². The average molecular weight is 369 g/mol. The van der Waals surface area contributed by atoms with Gasteiger partial charge < -0.3 is 20.9 Å². The Kier molecular flexibility index (Phi) is 8.85. The molecule has 0 atom stereocenters. The van der Waals surface area contributed by atoms with Crippen LogP contribution in [0.4, 0.5) is 11.5 Å². The van der Waals surface area contributed by atoms with Crippen LogP contribution in [0.5, 0.6) is 0 Å². The van der Waals surface area contributed by atoms with Gasteiger partial charge >= 0.3 is 0 Å². The third-order valence-corrected chi connectivity index (χ3v) is 4.19. The number of hydrogen-bond donors (Lipinski definition) is 3. The molecule has 0 aromatic carbocycles. The van der Waals surface area contributed by atoms with Crippen LogP contribution in [0.3, 0.4) is 0 Å². The van der Waals surface area contributed by atoms with Gasteiger partial charge in [0.05, 0.1) is 11.4 Å². The maximum Gasteiger partial charge on any atom is 0.150 e. The van der Waals surface area contributed by atoms with E-state index in [2.05, 4.69) is 70.3 Å². The average Bonchev–Trinajstić information content (AvgIpc) is 2.70. The fourth-order valence-corrected chi connectivity index (χ4v) is 2.31. The van der Waals surface area contributed by atoms with Gasteiger partial charge in [-0.3, -0.25) is 0 Å². The number of hydrogen-bond acceptors (Lipinski definition) is 6. The summed E-state index contributed by atoms with van der Waals surface area (Å²) in [5.74, 6) is 0.672. The number of allylic oxidation sites excluding steroid dienone is 4. The van der Waals surface area contributed by atoms with Gasteiger partial charge in [-0.25, -0.2) is 0 Å². The molecule has 0 aliphatic carbocycles. The second-order valence-electron chi connectivity index (χ2n) is 5.99. The lowest BCUT2D eigenvalue weighted by molar-refractivity contribution is 0.484. The van der Waals surface area contributed by atoms with E-state index >= 15 is 0 Å². The highest BCUT2D eigenvalue weighted by molar-refractivity contribution is 5.74. The molecule has 0 spiro atoms. The first-order valence-corrected chi connectivity index (χ1v) is 8.99. The van der Waals surface area contributed by atoms with Crippen LogP contribution >= 0.6 is 0 Å². The minimum atomic E-state index is 0.665. The number of aromatic nitrogens is 2. The minimum absolute atomic E-state index is 0.665. The minimum Gasteiger partial charge on any atom is -0.387 e. The van der Waals surface area contributed by atoms with E-state index in [1.807, 2.05) is 46.3 Å². The Bertz CT molecular complexity index is 758. The van der Waals surface area contributed by atoms with Crippen molar-refractivity contribution in [2.45, 2.75) is 20.8 Å². The van der Waals surface area contributed by atoms with Crippen molar-refractivity contribution >= 4 is 17.2 Å². The lowest BCUT2D eigenvalue weighted by atomic mass is 10.0. The SMILES string of the molecule is C=CC(/C(=C\C)Nc1cc(NC)nnc1C(=C)NC)=C(C)\C=C/N(C)CC. The Morgan fingerprint density at radius 1 is 1.30 bits per heavy atom. The molecule has 27 heavy (non-hydrogen) atoms. The predicted octanol–water partition coefficient (Wildman–Crippen LogP) is 3.99. The summed E-state index contributed by atoms with van der Waals surface area (Å²) in [6.45, 7) is 15.1. The standard InChI is InChI=1S/C21H32N6/c1-9-17(15(4)12-13-27(8)11-3)18(10-2)24-19-14-20(23-7)25-26-21(19)16(5)22-6/h9-10,12-14,22H,1,5,11H2,2-4,6-8H3,(H2,23,24,25)/b13-12-,17-15+,18-10+. The van der Waals surface area contributed by atoms with Crippen molar-refractivity contribution in [3.05, 3.63) is 66.2 Å². The summed E-state index contributed by atoms with van der Waals surface area (Å²) in [6.07, 6.45) is 8.02. The fourth-order valence-electron chi connectivity index (χ4n) is 2.31. The number of anilines is 2. The van der Waals surface area contributed by atoms with Gasteiger partial charge in [0, 0.05) is 39.5 Å². The third kappa shape index (κ3) is 6.02. The smallest absolute Gasteiger partial charge is 0.150 e. The molecule has 0 radical (unpaired) electrons. The summed E-state index contributed by atoms with van der Waals surface area (Å²) in [6, 6.07) is 1.91. The zero-order valence-corrected chi connectivity index (χ0v) is 17.3. The Morgan fingerprint density at radius 2 is 2.00 bits per heavy atom. The van der Waals surface area contributed by atoms with Crippen molar-refractivity contribution in [1.29, 1.82) is 0 Å². The van der Waals surface area contributed by atoms with E-state index in [-0.39, 0.29) is 0 Å². The number of rotatable bonds is 10. The van der Waals surface area contributed by atoms with Crippen molar-refractivity contribution in [3.63, 3.8) is 0 Å². The number of nitrogens with zero attached hydrogens (tertiary/aromatic N) is 3. The zero-order chi connectivity index (χ0) is 20.4. The van der Waals surface area contributed by atoms with Crippen molar-refractivity contribution < 1.29 is 0 Å². The highest BCUT2D eigenvalue weighted by atomic mass is 15.2. The van der Waals surface area contributed by atoms with E-state index in [0.717, 1.165) is 29.1 Å². The maximum atomic E-state index is 4.28. The lowest BCUT2D eigenvalue weighted by Gasteiger charge is -2.18. The van der Waals surface area contributed by atoms with E-state index < -0.39 is 0 Å². The first kappa shape index (κ1) is 22.0. The molecule has 6 nitrogen and oxygen atoms in total. The molecule has 0 amide bonds. The van der Waals surface area contributed by atoms with E-state index in [0.29, 0.717) is 17.2 Å². The Hall–Kier alpha value is -3.02. The molecule has 0 fully saturated rings. The topological polar surface area (TPSA) is 65.1 Å². The highest BCUT2D eigenvalue weighted by Crippen LogP contribution is 2.26. The van der Waals surface area contributed by atoms with Crippen molar-refractivity contribution in [2.24, 2.45) is 0 Å². The van der Waals surface area contributed by atoms with Crippen molar-refractivity contribution in [3.8, 4) is 0 Å². The van der Waals surface area contributed by atoms with Crippen LogP contribution < -0.4 is 16.0 Å². The van der Waals surface area contributed by atoms with Gasteiger partial charge in [-0.05, 0) is 44.2 Å². The summed E-state index contributed by atoms with van der Waals surface area (Å²) in [5, 5.41) is 17.9. The van der Waals surface area contributed by atoms with E-state index in [1.165, 1.54) is 0 Å². The van der Waals surface area contributed by atoms with Crippen LogP contribution in [0.15, 0.2) is 60.5 Å². The lowest BCUT2D eigenvalue weighted by Crippen LogP contribution is -2.12. The normalized spacial score (nSPS) is 12.4. The second-order valence-corrected chi connectivity index (χ2v) is 5.99. The molecule has 0 bridgehead atoms. The van der Waals surface area contributed by atoms with Gasteiger partial charge in [0.2, 0.25) is 0 Å². The maximum absolute atomic E-state index is 4.28. The highest BCUT2D eigenvalue weighted by Gasteiger charge is 2.12. The van der Waals surface area contributed by atoms with Gasteiger partial charge in [-0.15, -0.1) is 10.2 Å². The molecule has 0 saturated heterocycles. The van der Waals surface area contributed by atoms with Crippen LogP contribution in [0.25, 0.3) is 5.70 Å². The second kappa shape index (κ2) is 10.9. The van der Waals surface area contributed by atoms with Crippen LogP contribution in [-0.2, 0) is 0 Å². The summed E-state index contributed by atoms with van der Waals surface area (Å²) in [4.78, 5) is 2.12. The van der Waals surface area contributed by atoms with Crippen molar-refractivity contribution in [1.82, 2.24) is 20.4 Å². The van der Waals surface area contributed by atoms with Crippen LogP contribution in [0.1, 0.15) is 26.5 Å². The van der Waals surface area contributed by atoms with Gasteiger partial charge in [0.15, 0.2) is 5.82 Å². The molecule has 0 aliphatic heterocycles. The Morgan fingerprint density at radius 3 is 2.52 bits per heavy atom. The number of nitrogens with one attached hydrogen (secondary N) is 3. The molecule has 146 valence electrons. The van der Waals surface area contributed by atoms with E-state index in [4.69, 9.17) is 0 Å². The van der Waals surface area contributed by atoms with Gasteiger partial charge in [0.25, 0.3) is 0 Å². The molecule has 0 saturated carbocycles. The summed E-state index contributed by atoms with van der Waals surface area (Å²) in [7, 11) is 5.67. The molecule has 1 rings (SSSR count). The van der Waals surface area contributed by atoms with Gasteiger partial charge in [-0.1, -0.05) is 25.3 Å². The molecule has 0 unspecified atom stereocenters. The Balaban J connectivity index is 3.32. The molecule has 1 aromatic heterocycles. The molecular weight excluding hydrogens is 336 g/mol. The van der Waals surface area contributed by atoms with E-state index in [9.17, 15) is 0 Å². The fraction of sp³-hybridized carbons (Fsp3) is 0.333. The predicted molar refractivity (Wildman–Crippen MR) is 117 cm³/mol. The molecular formula is C21H32N6. The summed E-state index contributed by atoms with van der Waals surface area (Å²) < 4.78 is 0. The molecule has 6 heteroatoms. The summed E-state index contributed by atoms with van der Waals surface area (Å²) >= 11 is 0. The third-order valence-electron chi connectivity index (χ3n) is 4.19. The first-order valence-electron chi connectivity index (χ1n) is 8.99. The zero-order valence-electron chi connectivity index (χ0n) is 17.3. The molecule has 1 heterocycles. The molecule has 3 N–H and O–H groups in total. The largest absolute Gasteiger partial charge is 0.387 e. The Labute approximate surface area is 163 Å². The van der Waals surface area contributed by atoms with Gasteiger partial charge in [0.1, 0.15) is 5.69 Å². The first-order chi connectivity index (χ1) is 12.9. The summed E-state index contributed by atoms with van der Waals surface area (Å²) in [5.41, 5.74) is 5.22. The van der Waals surface area contributed by atoms with E-state index in [1.54, 1.807) is 0 Å². The quantitative estimate of drug-likeness (QED) is 0.543. The molecule has 1 aromatic rings. The van der Waals surface area contributed by atoms with Crippen LogP contribution in [0.2, 0.25) is 0 Å². The molecule has 0 aliphatic rings. The van der Waals surface area contributed by atoms with Crippen LogP contribution in [0, 0.1) is 0 Å². The van der Waals surface area contributed by atoms with Gasteiger partial charge in [-0.2, -0.15) is 0 Å². The monoisotopic (exact) mass is 368 g/mol.